The number of benzene rings is 1. The van der Waals surface area contributed by atoms with Crippen molar-refractivity contribution in [3.05, 3.63) is 29.8 Å². The molecule has 1 N–H and O–H groups in total. The van der Waals surface area contributed by atoms with Crippen LogP contribution < -0.4 is 10.1 Å². The van der Waals surface area contributed by atoms with Gasteiger partial charge in [-0.15, -0.1) is 0 Å². The average Bonchev–Trinajstić information content (AvgIpc) is 2.42. The molecule has 0 radical (unpaired) electrons. The molecule has 2 heterocycles. The zero-order valence-corrected chi connectivity index (χ0v) is 12.4. The normalized spacial score (nSPS) is 33.5. The summed E-state index contributed by atoms with van der Waals surface area (Å²) < 4.78 is 11.1. The van der Waals surface area contributed by atoms with Crippen molar-refractivity contribution in [1.82, 2.24) is 5.32 Å². The molecule has 0 saturated carbocycles. The van der Waals surface area contributed by atoms with E-state index >= 15 is 0 Å². The fourth-order valence-corrected chi connectivity index (χ4v) is 3.36. The van der Waals surface area contributed by atoms with Gasteiger partial charge in [-0.1, -0.05) is 25.1 Å². The van der Waals surface area contributed by atoms with Crippen LogP contribution in [0.5, 0.6) is 5.75 Å². The van der Waals surface area contributed by atoms with Gasteiger partial charge in [-0.2, -0.15) is 0 Å². The molecule has 112 valence electrons. The number of carbonyl (C=O) groups is 2. The maximum atomic E-state index is 12.4. The molecule has 21 heavy (non-hydrogen) atoms. The van der Waals surface area contributed by atoms with E-state index in [1.165, 1.54) is 0 Å². The summed E-state index contributed by atoms with van der Waals surface area (Å²) in [5.74, 6) is -1.15. The lowest BCUT2D eigenvalue weighted by atomic mass is 9.68. The molecular formula is C16H19NO4. The molecule has 1 aromatic rings. The van der Waals surface area contributed by atoms with Crippen molar-refractivity contribution in [2.45, 2.75) is 32.4 Å². The molecule has 2 aliphatic heterocycles. The van der Waals surface area contributed by atoms with Gasteiger partial charge >= 0.3 is 5.97 Å². The fourth-order valence-electron chi connectivity index (χ4n) is 3.36. The highest BCUT2D eigenvalue weighted by Crippen LogP contribution is 2.50. The molecule has 0 unspecified atom stereocenters. The summed E-state index contributed by atoms with van der Waals surface area (Å²) in [7, 11) is 0. The zero-order valence-electron chi connectivity index (χ0n) is 12.4. The molecule has 1 aromatic carbocycles. The Morgan fingerprint density at radius 1 is 1.43 bits per heavy atom. The van der Waals surface area contributed by atoms with Crippen LogP contribution >= 0.6 is 0 Å². The highest BCUT2D eigenvalue weighted by atomic mass is 16.5. The molecule has 3 rings (SSSR count). The topological polar surface area (TPSA) is 64.6 Å². The van der Waals surface area contributed by atoms with Crippen molar-refractivity contribution in [2.24, 2.45) is 11.8 Å². The number of hydrogen-bond donors (Lipinski definition) is 1. The van der Waals surface area contributed by atoms with Gasteiger partial charge in [-0.25, -0.2) is 0 Å². The van der Waals surface area contributed by atoms with Crippen LogP contribution in [0.3, 0.4) is 0 Å². The Hall–Kier alpha value is -2.04. The number of carbonyl (C=O) groups excluding carboxylic acids is 2. The Morgan fingerprint density at radius 2 is 2.14 bits per heavy atom. The van der Waals surface area contributed by atoms with Gasteiger partial charge in [0.1, 0.15) is 11.7 Å². The molecular weight excluding hydrogens is 270 g/mol. The standard InChI is InChI=1S/C16H19NO4/c1-4-20-15(19)13-12-9(2)16(3,17-14(13)18)21-11-8-6-5-7-10(11)12/h5-9,12-13H,4H2,1-3H3,(H,17,18)/t9-,12+,13+,16+/m0/s1. The lowest BCUT2D eigenvalue weighted by Gasteiger charge is -2.51. The van der Waals surface area contributed by atoms with Crippen LogP contribution in [0, 0.1) is 11.8 Å². The van der Waals surface area contributed by atoms with Crippen molar-refractivity contribution in [1.29, 1.82) is 0 Å². The summed E-state index contributed by atoms with van der Waals surface area (Å²) in [4.78, 5) is 24.6. The Kier molecular flexibility index (Phi) is 3.15. The molecule has 1 fully saturated rings. The van der Waals surface area contributed by atoms with E-state index < -0.39 is 17.6 Å². The van der Waals surface area contributed by atoms with Gasteiger partial charge in [0.25, 0.3) is 0 Å². The van der Waals surface area contributed by atoms with Crippen LogP contribution in [0.25, 0.3) is 0 Å². The summed E-state index contributed by atoms with van der Waals surface area (Å²) in [6.07, 6.45) is 0. The van der Waals surface area contributed by atoms with E-state index in [1.807, 2.05) is 38.1 Å². The number of esters is 1. The van der Waals surface area contributed by atoms with Crippen LogP contribution in [-0.2, 0) is 14.3 Å². The first kappa shape index (κ1) is 13.9. The molecule has 4 atom stereocenters. The third kappa shape index (κ3) is 1.99. The molecule has 2 bridgehead atoms. The Balaban J connectivity index is 2.10. The third-order valence-corrected chi connectivity index (χ3v) is 4.56. The Morgan fingerprint density at radius 3 is 2.86 bits per heavy atom. The minimum absolute atomic E-state index is 0.0282. The number of nitrogens with one attached hydrogen (secondary N) is 1. The summed E-state index contributed by atoms with van der Waals surface area (Å²) in [5.41, 5.74) is 0.106. The summed E-state index contributed by atoms with van der Waals surface area (Å²) in [6, 6.07) is 7.56. The SMILES string of the molecule is CCOC(=O)[C@H]1C(=O)N[C@]2(C)Oc3ccccc3[C@H]1[C@@H]2C. The predicted octanol–water partition coefficient (Wildman–Crippen LogP) is 1.82. The Bertz CT molecular complexity index is 600. The van der Waals surface area contributed by atoms with Gasteiger partial charge in [-0.3, -0.25) is 9.59 Å². The number of fused-ring (bicyclic) bond motifs is 4. The summed E-state index contributed by atoms with van der Waals surface area (Å²) in [6.45, 7) is 5.84. The molecule has 5 nitrogen and oxygen atoms in total. The van der Waals surface area contributed by atoms with E-state index in [0.717, 1.165) is 11.3 Å². The van der Waals surface area contributed by atoms with Gasteiger partial charge in [0, 0.05) is 11.8 Å². The first-order valence-corrected chi connectivity index (χ1v) is 7.24. The number of ether oxygens (including phenoxy) is 2. The van der Waals surface area contributed by atoms with Crippen molar-refractivity contribution < 1.29 is 19.1 Å². The fraction of sp³-hybridized carbons (Fsp3) is 0.500. The number of rotatable bonds is 2. The van der Waals surface area contributed by atoms with Crippen molar-refractivity contribution in [3.63, 3.8) is 0 Å². The summed E-state index contributed by atoms with van der Waals surface area (Å²) >= 11 is 0. The van der Waals surface area contributed by atoms with Crippen LogP contribution in [0.1, 0.15) is 32.3 Å². The minimum atomic E-state index is -0.821. The molecule has 0 spiro atoms. The lowest BCUT2D eigenvalue weighted by Crippen LogP contribution is -2.66. The van der Waals surface area contributed by atoms with Gasteiger partial charge in [-0.05, 0) is 25.5 Å². The smallest absolute Gasteiger partial charge is 0.319 e. The minimum Gasteiger partial charge on any atom is -0.468 e. The van der Waals surface area contributed by atoms with E-state index in [-0.39, 0.29) is 24.3 Å². The average molecular weight is 289 g/mol. The quantitative estimate of drug-likeness (QED) is 0.666. The molecule has 1 saturated heterocycles. The second-order valence-corrected chi connectivity index (χ2v) is 5.78. The van der Waals surface area contributed by atoms with E-state index in [9.17, 15) is 9.59 Å². The van der Waals surface area contributed by atoms with E-state index in [2.05, 4.69) is 5.32 Å². The lowest BCUT2D eigenvalue weighted by molar-refractivity contribution is -0.165. The molecule has 0 aliphatic carbocycles. The Labute approximate surface area is 123 Å². The maximum absolute atomic E-state index is 12.4. The second-order valence-electron chi connectivity index (χ2n) is 5.78. The first-order valence-electron chi connectivity index (χ1n) is 7.24. The van der Waals surface area contributed by atoms with Crippen LogP contribution in [0.2, 0.25) is 0 Å². The molecule has 5 heteroatoms. The molecule has 2 aliphatic rings. The van der Waals surface area contributed by atoms with E-state index in [1.54, 1.807) is 6.92 Å². The predicted molar refractivity (Wildman–Crippen MR) is 75.6 cm³/mol. The highest BCUT2D eigenvalue weighted by molar-refractivity contribution is 6.00. The van der Waals surface area contributed by atoms with Crippen LogP contribution in [0.4, 0.5) is 0 Å². The van der Waals surface area contributed by atoms with Crippen LogP contribution in [0.15, 0.2) is 24.3 Å². The van der Waals surface area contributed by atoms with Gasteiger partial charge < -0.3 is 14.8 Å². The van der Waals surface area contributed by atoms with Crippen molar-refractivity contribution in [2.75, 3.05) is 6.61 Å². The van der Waals surface area contributed by atoms with Gasteiger partial charge in [0.05, 0.1) is 6.61 Å². The first-order chi connectivity index (χ1) is 9.98. The number of hydrogen-bond acceptors (Lipinski definition) is 4. The second kappa shape index (κ2) is 4.76. The van der Waals surface area contributed by atoms with E-state index in [0.29, 0.717) is 0 Å². The number of amides is 1. The van der Waals surface area contributed by atoms with Crippen molar-refractivity contribution >= 4 is 11.9 Å². The van der Waals surface area contributed by atoms with Crippen molar-refractivity contribution in [3.8, 4) is 5.75 Å². The highest BCUT2D eigenvalue weighted by Gasteiger charge is 2.56. The van der Waals surface area contributed by atoms with Gasteiger partial charge in [0.2, 0.25) is 5.91 Å². The zero-order chi connectivity index (χ0) is 15.2. The largest absolute Gasteiger partial charge is 0.468 e. The van der Waals surface area contributed by atoms with Crippen LogP contribution in [-0.4, -0.2) is 24.2 Å². The monoisotopic (exact) mass is 289 g/mol. The number of piperidine rings is 1. The molecule has 1 amide bonds. The number of para-hydroxylation sites is 1. The third-order valence-electron chi connectivity index (χ3n) is 4.56. The summed E-state index contributed by atoms with van der Waals surface area (Å²) in [5, 5.41) is 2.84. The van der Waals surface area contributed by atoms with Gasteiger partial charge in [0.15, 0.2) is 5.72 Å². The van der Waals surface area contributed by atoms with E-state index in [4.69, 9.17) is 9.47 Å². The molecule has 0 aromatic heterocycles. The maximum Gasteiger partial charge on any atom is 0.319 e.